The van der Waals surface area contributed by atoms with Crippen molar-refractivity contribution in [2.24, 2.45) is 5.73 Å². The lowest BCUT2D eigenvalue weighted by Crippen LogP contribution is -2.20. The van der Waals surface area contributed by atoms with Gasteiger partial charge in [0.05, 0.1) is 0 Å². The standard InChI is InChI=1S/C5H10FN/c1-2-3-5(7)4-6/h2,5H,1,3-4,7H2. The van der Waals surface area contributed by atoms with E-state index in [-0.39, 0.29) is 6.04 Å². The summed E-state index contributed by atoms with van der Waals surface area (Å²) >= 11 is 0. The van der Waals surface area contributed by atoms with Gasteiger partial charge < -0.3 is 5.73 Å². The summed E-state index contributed by atoms with van der Waals surface area (Å²) in [6.07, 6.45) is 2.18. The molecule has 0 aromatic rings. The smallest absolute Gasteiger partial charge is 0.105 e. The Morgan fingerprint density at radius 2 is 2.43 bits per heavy atom. The maximum Gasteiger partial charge on any atom is 0.105 e. The molecule has 42 valence electrons. The molecule has 0 rings (SSSR count). The van der Waals surface area contributed by atoms with Gasteiger partial charge >= 0.3 is 0 Å². The van der Waals surface area contributed by atoms with Gasteiger partial charge in [0.1, 0.15) is 6.67 Å². The van der Waals surface area contributed by atoms with E-state index in [1.54, 1.807) is 6.08 Å². The largest absolute Gasteiger partial charge is 0.325 e. The third kappa shape index (κ3) is 3.46. The molecule has 0 aromatic heterocycles. The van der Waals surface area contributed by atoms with Crippen molar-refractivity contribution >= 4 is 0 Å². The summed E-state index contributed by atoms with van der Waals surface area (Å²) < 4.78 is 11.4. The number of nitrogens with two attached hydrogens (primary N) is 1. The quantitative estimate of drug-likeness (QED) is 0.527. The van der Waals surface area contributed by atoms with Gasteiger partial charge in [-0.25, -0.2) is 4.39 Å². The summed E-state index contributed by atoms with van der Waals surface area (Å²) in [4.78, 5) is 0. The van der Waals surface area contributed by atoms with E-state index < -0.39 is 6.67 Å². The second-order valence-corrected chi connectivity index (χ2v) is 1.44. The van der Waals surface area contributed by atoms with Crippen molar-refractivity contribution in [1.29, 1.82) is 0 Å². The van der Waals surface area contributed by atoms with Gasteiger partial charge in [-0.05, 0) is 6.42 Å². The fraction of sp³-hybridized carbons (Fsp3) is 0.600. The molecule has 0 spiro atoms. The van der Waals surface area contributed by atoms with Crippen LogP contribution in [0.4, 0.5) is 4.39 Å². The summed E-state index contributed by atoms with van der Waals surface area (Å²) in [7, 11) is 0. The zero-order valence-corrected chi connectivity index (χ0v) is 4.23. The van der Waals surface area contributed by atoms with E-state index in [0.717, 1.165) is 0 Å². The predicted molar refractivity (Wildman–Crippen MR) is 28.8 cm³/mol. The average molecular weight is 103 g/mol. The molecule has 0 radical (unpaired) electrons. The lowest BCUT2D eigenvalue weighted by molar-refractivity contribution is 0.430. The monoisotopic (exact) mass is 103 g/mol. The van der Waals surface area contributed by atoms with Crippen LogP contribution in [0, 0.1) is 0 Å². The summed E-state index contributed by atoms with van der Waals surface area (Å²) in [5.41, 5.74) is 5.14. The van der Waals surface area contributed by atoms with Crippen molar-refractivity contribution in [2.45, 2.75) is 12.5 Å². The van der Waals surface area contributed by atoms with Crippen molar-refractivity contribution in [3.8, 4) is 0 Å². The Kier molecular flexibility index (Phi) is 3.61. The van der Waals surface area contributed by atoms with Crippen LogP contribution in [0.15, 0.2) is 12.7 Å². The minimum atomic E-state index is -0.452. The van der Waals surface area contributed by atoms with E-state index in [1.165, 1.54) is 0 Å². The molecule has 0 amide bonds. The molecule has 0 aliphatic carbocycles. The second-order valence-electron chi connectivity index (χ2n) is 1.44. The zero-order valence-electron chi connectivity index (χ0n) is 4.23. The fourth-order valence-electron chi connectivity index (χ4n) is 0.277. The van der Waals surface area contributed by atoms with Crippen LogP contribution < -0.4 is 5.73 Å². The van der Waals surface area contributed by atoms with Gasteiger partial charge in [0.25, 0.3) is 0 Å². The molecule has 0 aromatic carbocycles. The van der Waals surface area contributed by atoms with Gasteiger partial charge in [0.2, 0.25) is 0 Å². The van der Waals surface area contributed by atoms with E-state index >= 15 is 0 Å². The summed E-state index contributed by atoms with van der Waals surface area (Å²) in [6, 6.07) is -0.336. The maximum atomic E-state index is 11.4. The van der Waals surface area contributed by atoms with Gasteiger partial charge in [-0.2, -0.15) is 0 Å². The first kappa shape index (κ1) is 6.63. The normalized spacial score (nSPS) is 13.4. The van der Waals surface area contributed by atoms with Crippen LogP contribution in [0.2, 0.25) is 0 Å². The van der Waals surface area contributed by atoms with Gasteiger partial charge in [-0.15, -0.1) is 6.58 Å². The highest BCUT2D eigenvalue weighted by atomic mass is 19.1. The first-order valence-electron chi connectivity index (χ1n) is 2.23. The molecule has 0 fully saturated rings. The topological polar surface area (TPSA) is 26.0 Å². The molecular formula is C5H10FN. The Morgan fingerprint density at radius 1 is 1.86 bits per heavy atom. The average Bonchev–Trinajstić information content (AvgIpc) is 1.68. The fourth-order valence-corrected chi connectivity index (χ4v) is 0.277. The molecule has 0 saturated carbocycles. The molecule has 1 nitrogen and oxygen atoms in total. The number of alkyl halides is 1. The zero-order chi connectivity index (χ0) is 5.70. The van der Waals surface area contributed by atoms with E-state index in [9.17, 15) is 4.39 Å². The van der Waals surface area contributed by atoms with Crippen LogP contribution in [0.25, 0.3) is 0 Å². The number of hydrogen-bond acceptors (Lipinski definition) is 1. The number of hydrogen-bond donors (Lipinski definition) is 1. The van der Waals surface area contributed by atoms with Crippen LogP contribution in [0.3, 0.4) is 0 Å². The van der Waals surface area contributed by atoms with Crippen molar-refractivity contribution in [2.75, 3.05) is 6.67 Å². The van der Waals surface area contributed by atoms with Crippen molar-refractivity contribution in [3.05, 3.63) is 12.7 Å². The summed E-state index contributed by atoms with van der Waals surface area (Å²) in [5.74, 6) is 0. The molecule has 7 heavy (non-hydrogen) atoms. The van der Waals surface area contributed by atoms with Crippen LogP contribution in [-0.2, 0) is 0 Å². The van der Waals surface area contributed by atoms with Gasteiger partial charge in [0, 0.05) is 6.04 Å². The van der Waals surface area contributed by atoms with Crippen LogP contribution in [0.1, 0.15) is 6.42 Å². The highest BCUT2D eigenvalue weighted by Gasteiger charge is 1.93. The number of halogens is 1. The van der Waals surface area contributed by atoms with Crippen molar-refractivity contribution < 1.29 is 4.39 Å². The van der Waals surface area contributed by atoms with E-state index in [1.807, 2.05) is 0 Å². The van der Waals surface area contributed by atoms with Crippen molar-refractivity contribution in [3.63, 3.8) is 0 Å². The maximum absolute atomic E-state index is 11.4. The third-order valence-corrected chi connectivity index (χ3v) is 0.668. The van der Waals surface area contributed by atoms with E-state index in [2.05, 4.69) is 6.58 Å². The highest BCUT2D eigenvalue weighted by Crippen LogP contribution is 1.86. The lowest BCUT2D eigenvalue weighted by Gasteiger charge is -1.98. The Morgan fingerprint density at radius 3 is 2.57 bits per heavy atom. The van der Waals surface area contributed by atoms with Crippen LogP contribution in [-0.4, -0.2) is 12.7 Å². The van der Waals surface area contributed by atoms with Crippen LogP contribution in [0.5, 0.6) is 0 Å². The van der Waals surface area contributed by atoms with Crippen LogP contribution >= 0.6 is 0 Å². The minimum Gasteiger partial charge on any atom is -0.325 e. The molecule has 0 heterocycles. The first-order chi connectivity index (χ1) is 3.31. The van der Waals surface area contributed by atoms with E-state index in [0.29, 0.717) is 6.42 Å². The first-order valence-corrected chi connectivity index (χ1v) is 2.23. The second kappa shape index (κ2) is 3.81. The molecule has 0 bridgehead atoms. The molecular weight excluding hydrogens is 93.1 g/mol. The Bertz CT molecular complexity index is 54.0. The molecule has 0 aliphatic rings. The molecule has 0 aliphatic heterocycles. The molecule has 2 N–H and O–H groups in total. The third-order valence-electron chi connectivity index (χ3n) is 0.668. The Hall–Kier alpha value is -0.370. The Labute approximate surface area is 43.0 Å². The minimum absolute atomic E-state index is 0.336. The van der Waals surface area contributed by atoms with Crippen molar-refractivity contribution in [1.82, 2.24) is 0 Å². The number of rotatable bonds is 3. The molecule has 1 unspecified atom stereocenters. The van der Waals surface area contributed by atoms with Gasteiger partial charge in [-0.3, -0.25) is 0 Å². The highest BCUT2D eigenvalue weighted by molar-refractivity contribution is 4.73. The molecule has 0 saturated heterocycles. The summed E-state index contributed by atoms with van der Waals surface area (Å²) in [6.45, 7) is 2.95. The molecule has 2 heteroatoms. The Balaban J connectivity index is 2.98. The molecule has 1 atom stereocenters. The van der Waals surface area contributed by atoms with E-state index in [4.69, 9.17) is 5.73 Å². The SMILES string of the molecule is C=CCC(N)CF. The van der Waals surface area contributed by atoms with Gasteiger partial charge in [0.15, 0.2) is 0 Å². The summed E-state index contributed by atoms with van der Waals surface area (Å²) in [5, 5.41) is 0. The lowest BCUT2D eigenvalue weighted by atomic mass is 10.2. The predicted octanol–water partition coefficient (Wildman–Crippen LogP) is 0.859. The van der Waals surface area contributed by atoms with Gasteiger partial charge in [-0.1, -0.05) is 6.08 Å².